The Balaban J connectivity index is 2.25. The van der Waals surface area contributed by atoms with E-state index in [1.165, 1.54) is 27.5 Å². The van der Waals surface area contributed by atoms with Gasteiger partial charge in [0.05, 0.1) is 53.4 Å². The fourth-order valence-corrected chi connectivity index (χ4v) is 3.31. The summed E-state index contributed by atoms with van der Waals surface area (Å²) in [6.45, 7) is 1.97. The van der Waals surface area contributed by atoms with Crippen LogP contribution in [0.3, 0.4) is 0 Å². The Hall–Kier alpha value is -3.88. The number of hydrogen-bond donors (Lipinski definition) is 1. The lowest BCUT2D eigenvalue weighted by Gasteiger charge is -2.18. The molecular weight excluding hydrogens is 416 g/mol. The number of anilines is 2. The van der Waals surface area contributed by atoms with Crippen molar-refractivity contribution in [2.45, 2.75) is 6.92 Å². The molecule has 0 radical (unpaired) electrons. The Kier molecular flexibility index (Phi) is 7.09. The third-order valence-corrected chi connectivity index (χ3v) is 4.80. The van der Waals surface area contributed by atoms with Gasteiger partial charge in [0, 0.05) is 35.5 Å². The highest BCUT2D eigenvalue weighted by molar-refractivity contribution is 6.06. The number of nitrogens with zero attached hydrogens (tertiary/aromatic N) is 1. The van der Waals surface area contributed by atoms with Crippen LogP contribution >= 0.6 is 0 Å². The molecule has 0 saturated heterocycles. The summed E-state index contributed by atoms with van der Waals surface area (Å²) >= 11 is 0. The van der Waals surface area contributed by atoms with Gasteiger partial charge in [0.2, 0.25) is 5.75 Å². The highest BCUT2D eigenvalue weighted by atomic mass is 16.5. The van der Waals surface area contributed by atoms with Gasteiger partial charge in [0.15, 0.2) is 23.0 Å². The molecule has 9 nitrogen and oxygen atoms in total. The number of fused-ring (bicyclic) bond motifs is 1. The molecule has 0 unspecified atom stereocenters. The first kappa shape index (κ1) is 22.8. The monoisotopic (exact) mass is 442 g/mol. The molecule has 3 rings (SSSR count). The second kappa shape index (κ2) is 9.95. The summed E-state index contributed by atoms with van der Waals surface area (Å²) in [7, 11) is 7.68. The number of benzene rings is 2. The Morgan fingerprint density at radius 2 is 1.44 bits per heavy atom. The third kappa shape index (κ3) is 4.27. The van der Waals surface area contributed by atoms with Crippen molar-refractivity contribution in [1.29, 1.82) is 0 Å². The molecule has 32 heavy (non-hydrogen) atoms. The Labute approximate surface area is 186 Å². The van der Waals surface area contributed by atoms with Gasteiger partial charge >= 0.3 is 5.97 Å². The average Bonchev–Trinajstić information content (AvgIpc) is 2.82. The molecule has 0 amide bonds. The molecule has 1 heterocycles. The first-order chi connectivity index (χ1) is 15.5. The molecule has 3 aromatic rings. The zero-order valence-electron chi connectivity index (χ0n) is 18.9. The van der Waals surface area contributed by atoms with Crippen LogP contribution in [-0.2, 0) is 4.74 Å². The average molecular weight is 442 g/mol. The van der Waals surface area contributed by atoms with Crippen LogP contribution in [0, 0.1) is 0 Å². The summed E-state index contributed by atoms with van der Waals surface area (Å²) in [4.78, 5) is 17.1. The zero-order valence-corrected chi connectivity index (χ0v) is 18.9. The lowest BCUT2D eigenvalue weighted by Crippen LogP contribution is -2.09. The summed E-state index contributed by atoms with van der Waals surface area (Å²) < 4.78 is 32.3. The van der Waals surface area contributed by atoms with Gasteiger partial charge < -0.3 is 33.7 Å². The SMILES string of the molecule is CCOC(=O)c1cnc2cc(OC)c(OC)cc2c1Nc1cc(OC)c(OC)c(OC)c1. The minimum Gasteiger partial charge on any atom is -0.493 e. The molecule has 0 aliphatic rings. The molecule has 0 atom stereocenters. The van der Waals surface area contributed by atoms with Gasteiger partial charge in [0.25, 0.3) is 0 Å². The number of hydrogen-bond acceptors (Lipinski definition) is 9. The van der Waals surface area contributed by atoms with Crippen molar-refractivity contribution in [1.82, 2.24) is 4.98 Å². The predicted octanol–water partition coefficient (Wildman–Crippen LogP) is 4.20. The van der Waals surface area contributed by atoms with Crippen LogP contribution in [0.2, 0.25) is 0 Å². The van der Waals surface area contributed by atoms with Crippen LogP contribution in [0.25, 0.3) is 10.9 Å². The number of carbonyl (C=O) groups is 1. The predicted molar refractivity (Wildman–Crippen MR) is 120 cm³/mol. The highest BCUT2D eigenvalue weighted by Gasteiger charge is 2.21. The van der Waals surface area contributed by atoms with Crippen LogP contribution in [-0.4, -0.2) is 53.1 Å². The second-order valence-corrected chi connectivity index (χ2v) is 6.53. The van der Waals surface area contributed by atoms with Crippen LogP contribution < -0.4 is 29.0 Å². The maximum Gasteiger partial charge on any atom is 0.341 e. The van der Waals surface area contributed by atoms with Crippen LogP contribution in [0.15, 0.2) is 30.5 Å². The molecule has 0 spiro atoms. The van der Waals surface area contributed by atoms with Crippen molar-refractivity contribution in [3.8, 4) is 28.7 Å². The molecule has 0 aliphatic heterocycles. The molecule has 2 aromatic carbocycles. The first-order valence-electron chi connectivity index (χ1n) is 9.80. The second-order valence-electron chi connectivity index (χ2n) is 6.53. The Morgan fingerprint density at radius 3 is 1.97 bits per heavy atom. The number of aromatic nitrogens is 1. The van der Waals surface area contributed by atoms with E-state index in [4.69, 9.17) is 28.4 Å². The van der Waals surface area contributed by atoms with Crippen molar-refractivity contribution < 1.29 is 33.2 Å². The maximum atomic E-state index is 12.7. The first-order valence-corrected chi connectivity index (χ1v) is 9.80. The summed E-state index contributed by atoms with van der Waals surface area (Å²) in [5.74, 6) is 1.89. The highest BCUT2D eigenvalue weighted by Crippen LogP contribution is 2.42. The third-order valence-electron chi connectivity index (χ3n) is 4.80. The van der Waals surface area contributed by atoms with Gasteiger partial charge in [-0.2, -0.15) is 0 Å². The van der Waals surface area contributed by atoms with E-state index in [9.17, 15) is 4.79 Å². The minimum absolute atomic E-state index is 0.229. The number of esters is 1. The number of methoxy groups -OCH3 is 5. The van der Waals surface area contributed by atoms with E-state index in [0.717, 1.165) is 0 Å². The number of carbonyl (C=O) groups excluding carboxylic acids is 1. The number of pyridine rings is 1. The molecule has 0 bridgehead atoms. The van der Waals surface area contributed by atoms with Gasteiger partial charge in [-0.05, 0) is 13.0 Å². The zero-order chi connectivity index (χ0) is 23.3. The standard InChI is InChI=1S/C23H26N2O7/c1-7-32-23(26)15-12-24-16-11-18(28-3)17(27-2)10-14(16)21(15)25-13-8-19(29-4)22(31-6)20(9-13)30-5/h8-12H,7H2,1-6H3,(H,24,25). The molecule has 1 aromatic heterocycles. The number of rotatable bonds is 9. The van der Waals surface area contributed by atoms with Crippen molar-refractivity contribution in [2.75, 3.05) is 47.5 Å². The summed E-state index contributed by atoms with van der Waals surface area (Å²) in [6, 6.07) is 6.97. The van der Waals surface area contributed by atoms with Gasteiger partial charge in [-0.1, -0.05) is 0 Å². The van der Waals surface area contributed by atoms with E-state index >= 15 is 0 Å². The molecule has 0 saturated carbocycles. The van der Waals surface area contributed by atoms with E-state index in [2.05, 4.69) is 10.3 Å². The molecule has 0 fully saturated rings. The normalized spacial score (nSPS) is 10.4. The molecule has 0 aliphatic carbocycles. The van der Waals surface area contributed by atoms with Crippen molar-refractivity contribution in [2.24, 2.45) is 0 Å². The summed E-state index contributed by atoms with van der Waals surface area (Å²) in [6.07, 6.45) is 1.46. The minimum atomic E-state index is -0.508. The summed E-state index contributed by atoms with van der Waals surface area (Å²) in [5, 5.41) is 3.93. The van der Waals surface area contributed by atoms with Crippen molar-refractivity contribution in [3.05, 3.63) is 36.0 Å². The van der Waals surface area contributed by atoms with Crippen LogP contribution in [0.4, 0.5) is 11.4 Å². The fraction of sp³-hybridized carbons (Fsp3) is 0.304. The van der Waals surface area contributed by atoms with Crippen molar-refractivity contribution >= 4 is 28.2 Å². The number of ether oxygens (including phenoxy) is 6. The summed E-state index contributed by atoms with van der Waals surface area (Å²) in [5.41, 5.74) is 1.96. The topological polar surface area (TPSA) is 97.4 Å². The van der Waals surface area contributed by atoms with E-state index < -0.39 is 5.97 Å². The van der Waals surface area contributed by atoms with Gasteiger partial charge in [-0.3, -0.25) is 4.98 Å². The van der Waals surface area contributed by atoms with E-state index in [0.29, 0.717) is 51.0 Å². The van der Waals surface area contributed by atoms with Gasteiger partial charge in [-0.15, -0.1) is 0 Å². The fourth-order valence-electron chi connectivity index (χ4n) is 3.31. The maximum absolute atomic E-state index is 12.7. The lowest BCUT2D eigenvalue weighted by atomic mass is 10.1. The van der Waals surface area contributed by atoms with Gasteiger partial charge in [-0.25, -0.2) is 4.79 Å². The van der Waals surface area contributed by atoms with E-state index in [1.807, 2.05) is 0 Å². The smallest absolute Gasteiger partial charge is 0.341 e. The largest absolute Gasteiger partial charge is 0.493 e. The van der Waals surface area contributed by atoms with E-state index in [1.54, 1.807) is 45.4 Å². The number of nitrogens with one attached hydrogen (secondary N) is 1. The molecule has 1 N–H and O–H groups in total. The molecular formula is C23H26N2O7. The van der Waals surface area contributed by atoms with Crippen molar-refractivity contribution in [3.63, 3.8) is 0 Å². The Bertz CT molecular complexity index is 1110. The quantitative estimate of drug-likeness (QED) is 0.489. The molecule has 9 heteroatoms. The molecule has 170 valence electrons. The Morgan fingerprint density at radius 1 is 0.844 bits per heavy atom. The van der Waals surface area contributed by atoms with Crippen LogP contribution in [0.5, 0.6) is 28.7 Å². The van der Waals surface area contributed by atoms with Gasteiger partial charge in [0.1, 0.15) is 5.56 Å². The van der Waals surface area contributed by atoms with Crippen LogP contribution in [0.1, 0.15) is 17.3 Å². The lowest BCUT2D eigenvalue weighted by molar-refractivity contribution is 0.0527. The van der Waals surface area contributed by atoms with E-state index in [-0.39, 0.29) is 12.2 Å².